The van der Waals surface area contributed by atoms with Crippen molar-refractivity contribution in [3.05, 3.63) is 176 Å². The molecule has 0 aliphatic heterocycles. The van der Waals surface area contributed by atoms with E-state index in [0.717, 1.165) is 16.8 Å². The summed E-state index contributed by atoms with van der Waals surface area (Å²) < 4.78 is 4.77. The van der Waals surface area contributed by atoms with Crippen LogP contribution >= 0.6 is 0 Å². The molecule has 0 radical (unpaired) electrons. The molecule has 11 aromatic rings. The maximum absolute atomic E-state index is 5.25. The predicted molar refractivity (Wildman–Crippen MR) is 210 cm³/mol. The highest BCUT2D eigenvalue weighted by molar-refractivity contribution is 6.25. The lowest BCUT2D eigenvalue weighted by Crippen LogP contribution is -2.00. The molecule has 11 rings (SSSR count). The van der Waals surface area contributed by atoms with Crippen LogP contribution in [0.1, 0.15) is 0 Å². The van der Waals surface area contributed by atoms with E-state index in [-0.39, 0.29) is 0 Å². The Morgan fingerprint density at radius 1 is 0.360 bits per heavy atom. The molecule has 3 heteroatoms. The number of hydrogen-bond acceptors (Lipinski definition) is 1. The van der Waals surface area contributed by atoms with Crippen LogP contribution in [0.25, 0.3) is 98.9 Å². The summed E-state index contributed by atoms with van der Waals surface area (Å²) in [6.45, 7) is 0. The van der Waals surface area contributed by atoms with Crippen molar-refractivity contribution in [1.82, 2.24) is 14.1 Å². The molecule has 0 atom stereocenters. The summed E-state index contributed by atoms with van der Waals surface area (Å²) in [5.74, 6) is 0.948. The molecular formula is C47H29N3. The number of hydrogen-bond donors (Lipinski definition) is 0. The van der Waals surface area contributed by atoms with Gasteiger partial charge < -0.3 is 4.57 Å². The monoisotopic (exact) mass is 635 g/mol. The van der Waals surface area contributed by atoms with Crippen LogP contribution in [0.4, 0.5) is 0 Å². The van der Waals surface area contributed by atoms with Gasteiger partial charge in [0.05, 0.1) is 22.1 Å². The van der Waals surface area contributed by atoms with Gasteiger partial charge in [0.15, 0.2) is 0 Å². The maximum atomic E-state index is 5.25. The Hall–Kier alpha value is -6.71. The number of nitrogens with zero attached hydrogens (tertiary/aromatic N) is 3. The van der Waals surface area contributed by atoms with E-state index in [2.05, 4.69) is 179 Å². The van der Waals surface area contributed by atoms with Crippen molar-refractivity contribution >= 4 is 65.2 Å². The van der Waals surface area contributed by atoms with Gasteiger partial charge in [-0.1, -0.05) is 121 Å². The minimum Gasteiger partial charge on any atom is -0.309 e. The number of para-hydroxylation sites is 2. The van der Waals surface area contributed by atoms with Gasteiger partial charge in [0.1, 0.15) is 5.82 Å². The van der Waals surface area contributed by atoms with Gasteiger partial charge in [-0.2, -0.15) is 0 Å². The van der Waals surface area contributed by atoms with Gasteiger partial charge in [-0.05, 0) is 81.4 Å². The Morgan fingerprint density at radius 2 is 1.04 bits per heavy atom. The van der Waals surface area contributed by atoms with Gasteiger partial charge in [0.25, 0.3) is 0 Å². The average Bonchev–Trinajstić information content (AvgIpc) is 3.70. The minimum absolute atomic E-state index is 0.948. The van der Waals surface area contributed by atoms with Crippen LogP contribution in [-0.2, 0) is 0 Å². The first kappa shape index (κ1) is 27.3. The largest absolute Gasteiger partial charge is 0.309 e. The normalized spacial score (nSPS) is 12.0. The van der Waals surface area contributed by atoms with E-state index >= 15 is 0 Å². The Labute approximate surface area is 288 Å². The summed E-state index contributed by atoms with van der Waals surface area (Å²) in [6.07, 6.45) is 2.05. The molecule has 3 aromatic heterocycles. The van der Waals surface area contributed by atoms with Gasteiger partial charge >= 0.3 is 0 Å². The second-order valence-corrected chi connectivity index (χ2v) is 13.2. The van der Waals surface area contributed by atoms with E-state index in [1.807, 2.05) is 6.20 Å². The van der Waals surface area contributed by atoms with Gasteiger partial charge in [0, 0.05) is 44.4 Å². The average molecular weight is 636 g/mol. The summed E-state index contributed by atoms with van der Waals surface area (Å²) in [5, 5.41) is 9.87. The Kier molecular flexibility index (Phi) is 5.67. The molecule has 8 aromatic carbocycles. The molecule has 0 fully saturated rings. The summed E-state index contributed by atoms with van der Waals surface area (Å²) in [7, 11) is 0. The molecule has 0 N–H and O–H groups in total. The molecule has 0 saturated heterocycles. The second-order valence-electron chi connectivity index (χ2n) is 13.2. The summed E-state index contributed by atoms with van der Waals surface area (Å²) in [6, 6.07) is 61.5. The van der Waals surface area contributed by atoms with Crippen LogP contribution < -0.4 is 0 Å². The number of benzene rings is 8. The molecule has 0 spiro atoms. The predicted octanol–water partition coefficient (Wildman–Crippen LogP) is 12.4. The molecule has 3 nitrogen and oxygen atoms in total. The lowest BCUT2D eigenvalue weighted by atomic mass is 9.96. The van der Waals surface area contributed by atoms with E-state index in [0.29, 0.717) is 0 Å². The zero-order valence-electron chi connectivity index (χ0n) is 27.1. The first-order valence-electron chi connectivity index (χ1n) is 17.1. The number of pyridine rings is 1. The van der Waals surface area contributed by atoms with Crippen LogP contribution in [0, 0.1) is 0 Å². The molecule has 3 heterocycles. The van der Waals surface area contributed by atoms with E-state index < -0.39 is 0 Å². The fraction of sp³-hybridized carbons (Fsp3) is 0. The van der Waals surface area contributed by atoms with Crippen molar-refractivity contribution in [3.8, 4) is 33.8 Å². The molecule has 0 unspecified atom stereocenters. The summed E-state index contributed by atoms with van der Waals surface area (Å²) in [4.78, 5) is 5.25. The fourth-order valence-electron chi connectivity index (χ4n) is 8.30. The molecule has 0 aliphatic rings. The van der Waals surface area contributed by atoms with Crippen molar-refractivity contribution in [3.63, 3.8) is 0 Å². The Balaban J connectivity index is 1.19. The highest BCUT2D eigenvalue weighted by Gasteiger charge is 2.21. The Bertz CT molecular complexity index is 3080. The first-order valence-corrected chi connectivity index (χ1v) is 17.1. The van der Waals surface area contributed by atoms with Crippen molar-refractivity contribution in [2.24, 2.45) is 0 Å². The highest BCUT2D eigenvalue weighted by Crippen LogP contribution is 2.43. The molecule has 50 heavy (non-hydrogen) atoms. The summed E-state index contributed by atoms with van der Waals surface area (Å²) >= 11 is 0. The van der Waals surface area contributed by atoms with Gasteiger partial charge in [0.2, 0.25) is 0 Å². The molecule has 232 valence electrons. The van der Waals surface area contributed by atoms with E-state index in [4.69, 9.17) is 4.98 Å². The number of rotatable bonds is 4. The summed E-state index contributed by atoms with van der Waals surface area (Å²) in [5.41, 5.74) is 10.6. The van der Waals surface area contributed by atoms with Crippen molar-refractivity contribution in [1.29, 1.82) is 0 Å². The SMILES string of the molecule is c1ccc(-c2cnc(-n3c4cccc5ccc6cc(-c7ccc8c(c7)c7ccccc7n8-c7ccccc7)cc3c6c54)c3ccccc23)cc1. The van der Waals surface area contributed by atoms with E-state index in [9.17, 15) is 0 Å². The smallest absolute Gasteiger partial charge is 0.145 e. The van der Waals surface area contributed by atoms with Crippen molar-refractivity contribution < 1.29 is 0 Å². The van der Waals surface area contributed by atoms with Crippen LogP contribution in [0.15, 0.2) is 176 Å². The third-order valence-corrected chi connectivity index (χ3v) is 10.5. The van der Waals surface area contributed by atoms with Crippen LogP contribution in [0.3, 0.4) is 0 Å². The fourth-order valence-corrected chi connectivity index (χ4v) is 8.30. The van der Waals surface area contributed by atoms with Gasteiger partial charge in [-0.25, -0.2) is 4.98 Å². The zero-order valence-corrected chi connectivity index (χ0v) is 27.1. The van der Waals surface area contributed by atoms with Crippen molar-refractivity contribution in [2.45, 2.75) is 0 Å². The Morgan fingerprint density at radius 3 is 1.90 bits per heavy atom. The topological polar surface area (TPSA) is 22.8 Å². The molecular weight excluding hydrogens is 607 g/mol. The standard InChI is InChI=1S/C47H29N3/c1-3-12-30(13-4-1)40-29-48-47(38-19-8-7-17-36(38)40)50-43-21-11-14-31-22-23-33-26-34(28-44(50)46(33)45(31)43)32-24-25-42-39(27-32)37-18-9-10-20-41(37)49(42)35-15-5-2-6-16-35/h1-29H. The second kappa shape index (κ2) is 10.4. The van der Waals surface area contributed by atoms with Crippen molar-refractivity contribution in [2.75, 3.05) is 0 Å². The third kappa shape index (κ3) is 3.83. The first-order chi connectivity index (χ1) is 24.8. The van der Waals surface area contributed by atoms with Gasteiger partial charge in [-0.3, -0.25) is 4.57 Å². The molecule has 0 amide bonds. The number of fused-ring (bicyclic) bond motifs is 4. The van der Waals surface area contributed by atoms with Gasteiger partial charge in [-0.15, -0.1) is 0 Å². The zero-order chi connectivity index (χ0) is 32.8. The van der Waals surface area contributed by atoms with Crippen LogP contribution in [-0.4, -0.2) is 14.1 Å². The quantitative estimate of drug-likeness (QED) is 0.176. The minimum atomic E-state index is 0.948. The van der Waals surface area contributed by atoms with E-state index in [1.54, 1.807) is 0 Å². The molecule has 0 aliphatic carbocycles. The van der Waals surface area contributed by atoms with E-state index in [1.165, 1.54) is 82.1 Å². The molecule has 0 saturated carbocycles. The lowest BCUT2D eigenvalue weighted by Gasteiger charge is -2.14. The maximum Gasteiger partial charge on any atom is 0.145 e. The lowest BCUT2D eigenvalue weighted by molar-refractivity contribution is 1.10. The molecule has 0 bridgehead atoms. The van der Waals surface area contributed by atoms with Crippen LogP contribution in [0.2, 0.25) is 0 Å². The third-order valence-electron chi connectivity index (χ3n) is 10.5. The highest BCUT2D eigenvalue weighted by atomic mass is 15.1. The number of aromatic nitrogens is 3. The van der Waals surface area contributed by atoms with Crippen LogP contribution in [0.5, 0.6) is 0 Å².